The van der Waals surface area contributed by atoms with Gasteiger partial charge in [-0.05, 0) is 32.0 Å². The molecule has 28 heavy (non-hydrogen) atoms. The third kappa shape index (κ3) is 4.93. The number of benzene rings is 1. The minimum Gasteiger partial charge on any atom is -0.368 e. The molecule has 0 amide bonds. The van der Waals surface area contributed by atoms with Crippen molar-refractivity contribution in [3.63, 3.8) is 0 Å². The smallest absolute Gasteiger partial charge is 0.368 e. The van der Waals surface area contributed by atoms with Crippen LogP contribution in [0.3, 0.4) is 0 Å². The minimum atomic E-state index is -4.34. The van der Waals surface area contributed by atoms with Crippen LogP contribution >= 0.6 is 0 Å². The minimum absolute atomic E-state index is 0.275. The van der Waals surface area contributed by atoms with E-state index >= 15 is 0 Å². The van der Waals surface area contributed by atoms with Crippen LogP contribution < -0.4 is 10.2 Å². The zero-order valence-corrected chi connectivity index (χ0v) is 15.8. The number of aromatic nitrogens is 2. The zero-order chi connectivity index (χ0) is 20.1. The molecule has 0 atom stereocenters. The van der Waals surface area contributed by atoms with Gasteiger partial charge in [-0.1, -0.05) is 11.2 Å². The van der Waals surface area contributed by atoms with Gasteiger partial charge in [-0.15, -0.1) is 0 Å². The van der Waals surface area contributed by atoms with Gasteiger partial charge >= 0.3 is 6.18 Å². The first-order valence-corrected chi connectivity index (χ1v) is 9.11. The SMILES string of the molecule is CCNC(=NCc1nc(C)no1)N1CCN(c2cccc(C(F)(F)F)c2)CC1. The first kappa shape index (κ1) is 20.0. The molecule has 0 spiro atoms. The Hall–Kier alpha value is -2.78. The summed E-state index contributed by atoms with van der Waals surface area (Å²) in [6.07, 6.45) is -4.34. The molecule has 2 heterocycles. The summed E-state index contributed by atoms with van der Waals surface area (Å²) in [6.45, 7) is 7.19. The summed E-state index contributed by atoms with van der Waals surface area (Å²) in [7, 11) is 0. The van der Waals surface area contributed by atoms with Gasteiger partial charge in [0, 0.05) is 38.4 Å². The van der Waals surface area contributed by atoms with Crippen molar-refractivity contribution in [2.24, 2.45) is 4.99 Å². The molecule has 0 aliphatic carbocycles. The van der Waals surface area contributed by atoms with Gasteiger partial charge in [0.2, 0.25) is 5.89 Å². The van der Waals surface area contributed by atoms with Gasteiger partial charge in [0.15, 0.2) is 11.8 Å². The topological polar surface area (TPSA) is 69.8 Å². The van der Waals surface area contributed by atoms with E-state index in [1.54, 1.807) is 13.0 Å². The lowest BCUT2D eigenvalue weighted by atomic mass is 10.1. The molecule has 1 N–H and O–H groups in total. The van der Waals surface area contributed by atoms with Crippen LogP contribution in [0.1, 0.15) is 24.2 Å². The van der Waals surface area contributed by atoms with Gasteiger partial charge in [0.1, 0.15) is 6.54 Å². The largest absolute Gasteiger partial charge is 0.416 e. The number of piperazine rings is 1. The van der Waals surface area contributed by atoms with Gasteiger partial charge in [-0.25, -0.2) is 4.99 Å². The van der Waals surface area contributed by atoms with Crippen molar-refractivity contribution < 1.29 is 17.7 Å². The maximum atomic E-state index is 12.9. The van der Waals surface area contributed by atoms with E-state index in [1.165, 1.54) is 12.1 Å². The Morgan fingerprint density at radius 1 is 1.25 bits per heavy atom. The van der Waals surface area contributed by atoms with Gasteiger partial charge in [0.05, 0.1) is 5.56 Å². The molecule has 10 heteroatoms. The predicted octanol–water partition coefficient (Wildman–Crippen LogP) is 2.68. The first-order chi connectivity index (χ1) is 13.4. The summed E-state index contributed by atoms with van der Waals surface area (Å²) >= 11 is 0. The number of hydrogen-bond acceptors (Lipinski definition) is 5. The molecule has 1 aromatic carbocycles. The third-order valence-electron chi connectivity index (χ3n) is 4.39. The van der Waals surface area contributed by atoms with E-state index in [1.807, 2.05) is 11.8 Å². The Morgan fingerprint density at radius 2 is 2.00 bits per heavy atom. The third-order valence-corrected chi connectivity index (χ3v) is 4.39. The second-order valence-electron chi connectivity index (χ2n) is 6.43. The fourth-order valence-electron chi connectivity index (χ4n) is 3.03. The number of nitrogens with one attached hydrogen (secondary N) is 1. The number of anilines is 1. The van der Waals surface area contributed by atoms with Crippen LogP contribution in [0.5, 0.6) is 0 Å². The molecule has 0 bridgehead atoms. The average Bonchev–Trinajstić information content (AvgIpc) is 3.10. The van der Waals surface area contributed by atoms with E-state index in [9.17, 15) is 13.2 Å². The van der Waals surface area contributed by atoms with Gasteiger partial charge in [-0.2, -0.15) is 18.2 Å². The van der Waals surface area contributed by atoms with E-state index in [4.69, 9.17) is 4.52 Å². The molecule has 3 rings (SSSR count). The number of halogens is 3. The highest BCUT2D eigenvalue weighted by Crippen LogP contribution is 2.31. The summed E-state index contributed by atoms with van der Waals surface area (Å²) in [5.41, 5.74) is -0.0464. The molecule has 0 radical (unpaired) electrons. The molecule has 1 aliphatic rings. The molecule has 1 aliphatic heterocycles. The average molecular weight is 396 g/mol. The lowest BCUT2D eigenvalue weighted by molar-refractivity contribution is -0.137. The Bertz CT molecular complexity index is 812. The van der Waals surface area contributed by atoms with Crippen molar-refractivity contribution in [3.8, 4) is 0 Å². The lowest BCUT2D eigenvalue weighted by Crippen LogP contribution is -2.52. The molecular weight excluding hydrogens is 373 g/mol. The standard InChI is InChI=1S/C18H23F3N6O/c1-3-22-17(23-12-16-24-13(2)25-28-16)27-9-7-26(8-10-27)15-6-4-5-14(11-15)18(19,20)21/h4-6,11H,3,7-10,12H2,1-2H3,(H,22,23). The van der Waals surface area contributed by atoms with E-state index in [0.29, 0.717) is 50.1 Å². The molecule has 1 fully saturated rings. The highest BCUT2D eigenvalue weighted by atomic mass is 19.4. The van der Waals surface area contributed by atoms with Crippen LogP contribution in [0, 0.1) is 6.92 Å². The van der Waals surface area contributed by atoms with Crippen molar-refractivity contribution in [3.05, 3.63) is 41.5 Å². The first-order valence-electron chi connectivity index (χ1n) is 9.11. The zero-order valence-electron chi connectivity index (χ0n) is 15.8. The number of nitrogens with zero attached hydrogens (tertiary/aromatic N) is 5. The van der Waals surface area contributed by atoms with E-state index in [2.05, 4.69) is 25.3 Å². The molecule has 2 aromatic rings. The molecule has 7 nitrogen and oxygen atoms in total. The van der Waals surface area contributed by atoms with Crippen LogP contribution in [0.25, 0.3) is 0 Å². The van der Waals surface area contributed by atoms with Crippen LogP contribution in [0.15, 0.2) is 33.8 Å². The van der Waals surface area contributed by atoms with Crippen molar-refractivity contribution in [1.29, 1.82) is 0 Å². The molecule has 152 valence electrons. The summed E-state index contributed by atoms with van der Waals surface area (Å²) in [5.74, 6) is 1.72. The van der Waals surface area contributed by atoms with Crippen molar-refractivity contribution >= 4 is 11.6 Å². The summed E-state index contributed by atoms with van der Waals surface area (Å²) in [5, 5.41) is 6.98. The number of aryl methyl sites for hydroxylation is 1. The quantitative estimate of drug-likeness (QED) is 0.633. The fraction of sp³-hybridized carbons (Fsp3) is 0.500. The van der Waals surface area contributed by atoms with E-state index < -0.39 is 11.7 Å². The summed E-state index contributed by atoms with van der Waals surface area (Å²) in [4.78, 5) is 12.7. The monoisotopic (exact) mass is 396 g/mol. The number of aliphatic imine (C=N–C) groups is 1. The Labute approximate surface area is 161 Å². The molecule has 0 unspecified atom stereocenters. The molecule has 1 saturated heterocycles. The maximum Gasteiger partial charge on any atom is 0.416 e. The summed E-state index contributed by atoms with van der Waals surface area (Å²) < 4.78 is 43.9. The summed E-state index contributed by atoms with van der Waals surface area (Å²) in [6, 6.07) is 5.45. The number of hydrogen-bond donors (Lipinski definition) is 1. The van der Waals surface area contributed by atoms with Gasteiger partial charge < -0.3 is 19.6 Å². The highest BCUT2D eigenvalue weighted by molar-refractivity contribution is 5.80. The van der Waals surface area contributed by atoms with Crippen LogP contribution in [0.4, 0.5) is 18.9 Å². The molecule has 1 aromatic heterocycles. The van der Waals surface area contributed by atoms with Crippen LogP contribution in [-0.4, -0.2) is 53.7 Å². The van der Waals surface area contributed by atoms with Crippen molar-refractivity contribution in [2.45, 2.75) is 26.6 Å². The van der Waals surface area contributed by atoms with E-state index in [0.717, 1.165) is 12.0 Å². The fourth-order valence-corrected chi connectivity index (χ4v) is 3.03. The lowest BCUT2D eigenvalue weighted by Gasteiger charge is -2.37. The maximum absolute atomic E-state index is 12.9. The Balaban J connectivity index is 1.64. The van der Waals surface area contributed by atoms with Crippen molar-refractivity contribution in [2.75, 3.05) is 37.6 Å². The second kappa shape index (κ2) is 8.49. The Kier molecular flexibility index (Phi) is 6.05. The van der Waals surface area contributed by atoms with Crippen molar-refractivity contribution in [1.82, 2.24) is 20.4 Å². The molecule has 0 saturated carbocycles. The normalized spacial score (nSPS) is 15.8. The number of guanidine groups is 1. The predicted molar refractivity (Wildman–Crippen MR) is 99.1 cm³/mol. The number of rotatable bonds is 4. The number of alkyl halides is 3. The molecular formula is C18H23F3N6O. The van der Waals surface area contributed by atoms with Crippen LogP contribution in [0.2, 0.25) is 0 Å². The second-order valence-corrected chi connectivity index (χ2v) is 6.43. The van der Waals surface area contributed by atoms with Crippen LogP contribution in [-0.2, 0) is 12.7 Å². The van der Waals surface area contributed by atoms with E-state index in [-0.39, 0.29) is 6.54 Å². The van der Waals surface area contributed by atoms with Gasteiger partial charge in [0.25, 0.3) is 0 Å². The highest BCUT2D eigenvalue weighted by Gasteiger charge is 2.31. The van der Waals surface area contributed by atoms with Gasteiger partial charge in [-0.3, -0.25) is 0 Å². The Morgan fingerprint density at radius 3 is 2.61 bits per heavy atom.